The number of nitrogens with zero attached hydrogens (tertiary/aromatic N) is 2. The van der Waals surface area contributed by atoms with E-state index in [1.807, 2.05) is 24.3 Å². The fourth-order valence-electron chi connectivity index (χ4n) is 2.69. The van der Waals surface area contributed by atoms with Crippen molar-refractivity contribution in [2.45, 2.75) is 12.7 Å². The molecule has 2 amide bonds. The molecule has 0 unspecified atom stereocenters. The average molecular weight is 496 g/mol. The van der Waals surface area contributed by atoms with E-state index in [1.54, 1.807) is 6.20 Å². The van der Waals surface area contributed by atoms with Gasteiger partial charge in [-0.1, -0.05) is 39.4 Å². The Bertz CT molecular complexity index is 1200. The monoisotopic (exact) mass is 495 g/mol. The Labute approximate surface area is 180 Å². The van der Waals surface area contributed by atoms with Crippen LogP contribution < -0.4 is 10.6 Å². The molecule has 4 rings (SSSR count). The van der Waals surface area contributed by atoms with Crippen molar-refractivity contribution >= 4 is 48.6 Å². The van der Waals surface area contributed by atoms with E-state index < -0.39 is 17.8 Å². The minimum atomic E-state index is -4.44. The Balaban J connectivity index is 1.37. The molecule has 11 heteroatoms. The highest BCUT2D eigenvalue weighted by Crippen LogP contribution is 2.34. The van der Waals surface area contributed by atoms with Crippen LogP contribution in [0.5, 0.6) is 0 Å². The van der Waals surface area contributed by atoms with Crippen LogP contribution in [0.25, 0.3) is 21.5 Å². The first-order chi connectivity index (χ1) is 14.3. The molecule has 2 heterocycles. The number of H-pyrrole nitrogens is 1. The van der Waals surface area contributed by atoms with E-state index in [1.165, 1.54) is 6.07 Å². The topological polar surface area (TPSA) is 82.7 Å². The fraction of sp³-hybridized carbons (Fsp3) is 0.105. The van der Waals surface area contributed by atoms with Crippen LogP contribution in [0.2, 0.25) is 0 Å². The summed E-state index contributed by atoms with van der Waals surface area (Å²) in [6.45, 7) is 0.144. The van der Waals surface area contributed by atoms with E-state index in [4.69, 9.17) is 0 Å². The van der Waals surface area contributed by atoms with Gasteiger partial charge in [-0.15, -0.1) is 0 Å². The Morgan fingerprint density at radius 2 is 1.93 bits per heavy atom. The van der Waals surface area contributed by atoms with Crippen LogP contribution in [-0.2, 0) is 12.7 Å². The Kier molecular flexibility index (Phi) is 5.48. The number of hydrogen-bond donors (Lipinski definition) is 3. The van der Waals surface area contributed by atoms with Gasteiger partial charge in [0.15, 0.2) is 5.13 Å². The zero-order valence-electron chi connectivity index (χ0n) is 15.0. The third kappa shape index (κ3) is 4.62. The molecular formula is C19H13BrF3N5OS. The number of imidazole rings is 1. The number of rotatable bonds is 4. The van der Waals surface area contributed by atoms with Crippen molar-refractivity contribution in [2.24, 2.45) is 0 Å². The molecule has 2 aromatic carbocycles. The average Bonchev–Trinajstić information content (AvgIpc) is 3.32. The summed E-state index contributed by atoms with van der Waals surface area (Å²) in [6.07, 6.45) is -2.77. The molecule has 30 heavy (non-hydrogen) atoms. The van der Waals surface area contributed by atoms with Crippen molar-refractivity contribution in [1.82, 2.24) is 20.3 Å². The number of alkyl halides is 3. The predicted octanol–water partition coefficient (Wildman–Crippen LogP) is 5.79. The first kappa shape index (κ1) is 20.4. The number of thiazole rings is 1. The number of nitrogens with one attached hydrogen (secondary N) is 3. The first-order valence-corrected chi connectivity index (χ1v) is 10.2. The van der Waals surface area contributed by atoms with Crippen LogP contribution >= 0.6 is 27.3 Å². The largest absolute Gasteiger partial charge is 0.416 e. The van der Waals surface area contributed by atoms with E-state index >= 15 is 0 Å². The molecule has 0 atom stereocenters. The van der Waals surface area contributed by atoms with Crippen LogP contribution in [-0.4, -0.2) is 21.0 Å². The lowest BCUT2D eigenvalue weighted by Crippen LogP contribution is -2.28. The van der Waals surface area contributed by atoms with Gasteiger partial charge in [0.2, 0.25) is 0 Å². The third-order valence-corrected chi connectivity index (χ3v) is 5.62. The number of benzene rings is 2. The summed E-state index contributed by atoms with van der Waals surface area (Å²) in [5.74, 6) is 0.558. The van der Waals surface area contributed by atoms with Gasteiger partial charge in [0.25, 0.3) is 0 Å². The third-order valence-electron chi connectivity index (χ3n) is 4.14. The maximum Gasteiger partial charge on any atom is 0.416 e. The van der Waals surface area contributed by atoms with E-state index in [2.05, 4.69) is 41.5 Å². The molecule has 0 saturated heterocycles. The highest BCUT2D eigenvalue weighted by Gasteiger charge is 2.30. The minimum Gasteiger partial charge on any atom is -0.341 e. The molecule has 0 bridgehead atoms. The van der Waals surface area contributed by atoms with Crippen molar-refractivity contribution in [2.75, 3.05) is 5.32 Å². The molecule has 6 nitrogen and oxygen atoms in total. The molecule has 3 N–H and O–H groups in total. The molecule has 0 saturated carbocycles. The second-order valence-corrected chi connectivity index (χ2v) is 8.20. The summed E-state index contributed by atoms with van der Waals surface area (Å²) in [5.41, 5.74) is 1.16. The standard InChI is InChI=1S/C19H13BrF3N5OS/c20-12-4-1-10(2-5-12)14-8-24-16(26-14)9-25-17(29)28-18-27-13-7-11(19(21,22)23)3-6-15(13)30-18/h1-8H,9H2,(H,24,26)(H2,25,27,28,29). The van der Waals surface area contributed by atoms with Crippen molar-refractivity contribution in [3.05, 3.63) is 64.5 Å². The van der Waals surface area contributed by atoms with Gasteiger partial charge in [0.1, 0.15) is 5.82 Å². The van der Waals surface area contributed by atoms with Crippen LogP contribution in [0.1, 0.15) is 11.4 Å². The predicted molar refractivity (Wildman–Crippen MR) is 112 cm³/mol. The number of hydrogen-bond acceptors (Lipinski definition) is 4. The summed E-state index contributed by atoms with van der Waals surface area (Å²) < 4.78 is 39.9. The molecular weight excluding hydrogens is 483 g/mol. The second-order valence-electron chi connectivity index (χ2n) is 6.26. The molecule has 4 aromatic rings. The van der Waals surface area contributed by atoms with Gasteiger partial charge in [0, 0.05) is 4.47 Å². The van der Waals surface area contributed by atoms with E-state index in [0.717, 1.165) is 39.2 Å². The second kappa shape index (κ2) is 8.07. The fourth-order valence-corrected chi connectivity index (χ4v) is 3.80. The van der Waals surface area contributed by atoms with Crippen molar-refractivity contribution in [3.63, 3.8) is 0 Å². The first-order valence-electron chi connectivity index (χ1n) is 8.60. The van der Waals surface area contributed by atoms with Crippen molar-refractivity contribution < 1.29 is 18.0 Å². The lowest BCUT2D eigenvalue weighted by molar-refractivity contribution is -0.137. The number of aromatic amines is 1. The summed E-state index contributed by atoms with van der Waals surface area (Å²) >= 11 is 4.47. The number of carbonyl (C=O) groups is 1. The van der Waals surface area contributed by atoms with Gasteiger partial charge in [-0.2, -0.15) is 13.2 Å². The quantitative estimate of drug-likeness (QED) is 0.335. The number of halogens is 4. The van der Waals surface area contributed by atoms with Gasteiger partial charge >= 0.3 is 12.2 Å². The van der Waals surface area contributed by atoms with Gasteiger partial charge in [-0.25, -0.2) is 14.8 Å². The van der Waals surface area contributed by atoms with E-state index in [0.29, 0.717) is 10.5 Å². The van der Waals surface area contributed by atoms with Crippen molar-refractivity contribution in [3.8, 4) is 11.3 Å². The summed E-state index contributed by atoms with van der Waals surface area (Å²) in [6, 6.07) is 10.4. The highest BCUT2D eigenvalue weighted by molar-refractivity contribution is 9.10. The van der Waals surface area contributed by atoms with Gasteiger partial charge in [-0.05, 0) is 35.9 Å². The van der Waals surface area contributed by atoms with Gasteiger partial charge < -0.3 is 10.3 Å². The van der Waals surface area contributed by atoms with Gasteiger partial charge in [-0.3, -0.25) is 5.32 Å². The summed E-state index contributed by atoms with van der Waals surface area (Å²) in [5, 5.41) is 5.38. The molecule has 0 aliphatic carbocycles. The summed E-state index contributed by atoms with van der Waals surface area (Å²) in [4.78, 5) is 23.5. The maximum atomic E-state index is 12.8. The number of amides is 2. The van der Waals surface area contributed by atoms with Crippen LogP contribution in [0.15, 0.2) is 53.1 Å². The van der Waals surface area contributed by atoms with Crippen LogP contribution in [0, 0.1) is 0 Å². The Hall–Kier alpha value is -2.92. The number of anilines is 1. The zero-order chi connectivity index (χ0) is 21.3. The Morgan fingerprint density at radius 1 is 1.17 bits per heavy atom. The molecule has 2 aromatic heterocycles. The van der Waals surface area contributed by atoms with Crippen LogP contribution in [0.3, 0.4) is 0 Å². The zero-order valence-corrected chi connectivity index (χ0v) is 17.5. The van der Waals surface area contributed by atoms with E-state index in [9.17, 15) is 18.0 Å². The molecule has 0 aliphatic heterocycles. The highest BCUT2D eigenvalue weighted by atomic mass is 79.9. The van der Waals surface area contributed by atoms with Crippen molar-refractivity contribution in [1.29, 1.82) is 0 Å². The minimum absolute atomic E-state index is 0.144. The number of carbonyl (C=O) groups excluding carboxylic acids is 1. The molecule has 0 aliphatic rings. The smallest absolute Gasteiger partial charge is 0.341 e. The molecule has 0 radical (unpaired) electrons. The maximum absolute atomic E-state index is 12.8. The number of urea groups is 1. The molecule has 0 fully saturated rings. The lowest BCUT2D eigenvalue weighted by Gasteiger charge is -2.04. The van der Waals surface area contributed by atoms with Gasteiger partial charge in [0.05, 0.1) is 34.2 Å². The Morgan fingerprint density at radius 3 is 2.67 bits per heavy atom. The summed E-state index contributed by atoms with van der Waals surface area (Å²) in [7, 11) is 0. The van der Waals surface area contributed by atoms with E-state index in [-0.39, 0.29) is 17.2 Å². The molecule has 154 valence electrons. The lowest BCUT2D eigenvalue weighted by atomic mass is 10.2. The van der Waals surface area contributed by atoms with Crippen LogP contribution in [0.4, 0.5) is 23.1 Å². The SMILES string of the molecule is O=C(NCc1ncc(-c2ccc(Br)cc2)[nH]1)Nc1nc2cc(C(F)(F)F)ccc2s1. The number of fused-ring (bicyclic) bond motifs is 1. The normalized spacial score (nSPS) is 11.6. The number of aromatic nitrogens is 3. The molecule has 0 spiro atoms.